The molecule has 0 aliphatic heterocycles. The number of aromatic nitrogens is 2. The third-order valence-electron chi connectivity index (χ3n) is 2.71. The molecule has 1 aromatic carbocycles. The summed E-state index contributed by atoms with van der Waals surface area (Å²) in [5.41, 5.74) is 1.47. The number of nitrogens with one attached hydrogen (secondary N) is 1. The second-order valence-corrected chi connectivity index (χ2v) is 5.77. The third-order valence-corrected chi connectivity index (χ3v) is 2.71. The van der Waals surface area contributed by atoms with Crippen molar-refractivity contribution >= 4 is 6.09 Å². The van der Waals surface area contributed by atoms with Crippen molar-refractivity contribution in [3.8, 4) is 5.69 Å². The fraction of sp³-hybridized carbons (Fsp3) is 0.375. The average Bonchev–Trinajstić information content (AvgIpc) is 2.86. The van der Waals surface area contributed by atoms with E-state index in [-0.39, 0.29) is 0 Å². The molecule has 5 nitrogen and oxygen atoms in total. The maximum absolute atomic E-state index is 11.5. The minimum absolute atomic E-state index is 0.398. The van der Waals surface area contributed by atoms with Gasteiger partial charge in [0.05, 0.1) is 11.4 Å². The minimum atomic E-state index is -0.473. The number of benzene rings is 1. The Morgan fingerprint density at radius 2 is 1.95 bits per heavy atom. The topological polar surface area (TPSA) is 56.1 Å². The average molecular weight is 287 g/mol. The number of carbonyl (C=O) groups is 1. The van der Waals surface area contributed by atoms with Gasteiger partial charge in [-0.25, -0.2) is 9.48 Å². The second kappa shape index (κ2) is 6.43. The van der Waals surface area contributed by atoms with Crippen molar-refractivity contribution in [1.82, 2.24) is 15.1 Å². The van der Waals surface area contributed by atoms with E-state index in [0.717, 1.165) is 11.4 Å². The lowest BCUT2D eigenvalue weighted by molar-refractivity contribution is 0.0528. The smallest absolute Gasteiger partial charge is 0.407 e. The number of amides is 1. The molecule has 0 radical (unpaired) electrons. The Balaban J connectivity index is 1.83. The van der Waals surface area contributed by atoms with E-state index in [0.29, 0.717) is 13.0 Å². The highest BCUT2D eigenvalue weighted by molar-refractivity contribution is 5.67. The molecule has 0 aliphatic rings. The summed E-state index contributed by atoms with van der Waals surface area (Å²) in [7, 11) is 0. The van der Waals surface area contributed by atoms with E-state index in [1.165, 1.54) is 0 Å². The van der Waals surface area contributed by atoms with Crippen molar-refractivity contribution < 1.29 is 9.53 Å². The van der Waals surface area contributed by atoms with Crippen LogP contribution in [0.4, 0.5) is 4.79 Å². The first-order valence-electron chi connectivity index (χ1n) is 7.01. The second-order valence-electron chi connectivity index (χ2n) is 5.77. The SMILES string of the molecule is CC(C)(C)OC(=O)NCCc1ccn(-c2ccccc2)n1. The van der Waals surface area contributed by atoms with Crippen LogP contribution in [0.3, 0.4) is 0 Å². The van der Waals surface area contributed by atoms with Crippen molar-refractivity contribution in [2.45, 2.75) is 32.8 Å². The van der Waals surface area contributed by atoms with Crippen LogP contribution in [0, 0.1) is 0 Å². The lowest BCUT2D eigenvalue weighted by Crippen LogP contribution is -2.33. The first-order valence-corrected chi connectivity index (χ1v) is 7.01. The zero-order chi connectivity index (χ0) is 15.3. The van der Waals surface area contributed by atoms with E-state index in [9.17, 15) is 4.79 Å². The number of ether oxygens (including phenoxy) is 1. The Morgan fingerprint density at radius 1 is 1.24 bits per heavy atom. The largest absolute Gasteiger partial charge is 0.444 e. The van der Waals surface area contributed by atoms with Gasteiger partial charge in [-0.3, -0.25) is 0 Å². The molecule has 0 spiro atoms. The lowest BCUT2D eigenvalue weighted by atomic mass is 10.2. The van der Waals surface area contributed by atoms with Crippen LogP contribution in [-0.4, -0.2) is 28.0 Å². The van der Waals surface area contributed by atoms with Gasteiger partial charge in [0, 0.05) is 19.2 Å². The molecule has 1 aromatic heterocycles. The van der Waals surface area contributed by atoms with Gasteiger partial charge in [-0.1, -0.05) is 18.2 Å². The summed E-state index contributed by atoms with van der Waals surface area (Å²) >= 11 is 0. The standard InChI is InChI=1S/C16H21N3O2/c1-16(2,3)21-15(20)17-11-9-13-10-12-19(18-13)14-7-5-4-6-8-14/h4-8,10,12H,9,11H2,1-3H3,(H,17,20). The Bertz CT molecular complexity index is 585. The minimum Gasteiger partial charge on any atom is -0.444 e. The molecule has 0 bridgehead atoms. The number of alkyl carbamates (subject to hydrolysis) is 1. The fourth-order valence-electron chi connectivity index (χ4n) is 1.83. The van der Waals surface area contributed by atoms with E-state index in [2.05, 4.69) is 10.4 Å². The molecule has 0 saturated heterocycles. The van der Waals surface area contributed by atoms with Gasteiger partial charge in [0.2, 0.25) is 0 Å². The Morgan fingerprint density at radius 3 is 2.62 bits per heavy atom. The van der Waals surface area contributed by atoms with Crippen molar-refractivity contribution in [3.05, 3.63) is 48.3 Å². The summed E-state index contributed by atoms with van der Waals surface area (Å²) < 4.78 is 7.00. The summed E-state index contributed by atoms with van der Waals surface area (Å²) in [6.07, 6.45) is 2.18. The molecule has 0 aliphatic carbocycles. The Kier molecular flexibility index (Phi) is 4.62. The molecule has 112 valence electrons. The monoisotopic (exact) mass is 287 g/mol. The number of para-hydroxylation sites is 1. The first kappa shape index (κ1) is 15.1. The van der Waals surface area contributed by atoms with E-state index >= 15 is 0 Å². The normalized spacial score (nSPS) is 11.2. The molecule has 2 aromatic rings. The van der Waals surface area contributed by atoms with E-state index in [4.69, 9.17) is 4.74 Å². The Labute approximate surface area is 124 Å². The van der Waals surface area contributed by atoms with Gasteiger partial charge in [0.25, 0.3) is 0 Å². The first-order chi connectivity index (χ1) is 9.94. The van der Waals surface area contributed by atoms with Crippen molar-refractivity contribution in [1.29, 1.82) is 0 Å². The molecule has 0 atom stereocenters. The summed E-state index contributed by atoms with van der Waals surface area (Å²) in [6.45, 7) is 6.02. The highest BCUT2D eigenvalue weighted by Crippen LogP contribution is 2.08. The maximum atomic E-state index is 11.5. The van der Waals surface area contributed by atoms with Crippen LogP contribution in [0.15, 0.2) is 42.6 Å². The van der Waals surface area contributed by atoms with E-state index < -0.39 is 11.7 Å². The van der Waals surface area contributed by atoms with Gasteiger partial charge < -0.3 is 10.1 Å². The third kappa shape index (κ3) is 4.95. The van der Waals surface area contributed by atoms with Gasteiger partial charge in [-0.05, 0) is 39.0 Å². The number of hydrogen-bond acceptors (Lipinski definition) is 3. The molecule has 1 N–H and O–H groups in total. The molecule has 2 rings (SSSR count). The van der Waals surface area contributed by atoms with Crippen LogP contribution < -0.4 is 5.32 Å². The van der Waals surface area contributed by atoms with Crippen molar-refractivity contribution in [2.75, 3.05) is 6.54 Å². The predicted octanol–water partition coefficient (Wildman–Crippen LogP) is 2.94. The van der Waals surface area contributed by atoms with Gasteiger partial charge in [-0.15, -0.1) is 0 Å². The molecule has 0 unspecified atom stereocenters. The van der Waals surface area contributed by atoms with Gasteiger partial charge in [0.15, 0.2) is 0 Å². The van der Waals surface area contributed by atoms with Crippen LogP contribution >= 0.6 is 0 Å². The van der Waals surface area contributed by atoms with E-state index in [1.54, 1.807) is 0 Å². The molecular weight excluding hydrogens is 266 g/mol. The maximum Gasteiger partial charge on any atom is 0.407 e. The van der Waals surface area contributed by atoms with E-state index in [1.807, 2.05) is 68.0 Å². The molecular formula is C16H21N3O2. The van der Waals surface area contributed by atoms with Crippen LogP contribution in [0.25, 0.3) is 5.69 Å². The molecule has 1 heterocycles. The molecule has 1 amide bonds. The highest BCUT2D eigenvalue weighted by Gasteiger charge is 2.15. The summed E-state index contributed by atoms with van der Waals surface area (Å²) in [5.74, 6) is 0. The van der Waals surface area contributed by atoms with Gasteiger partial charge >= 0.3 is 6.09 Å². The fourth-order valence-corrected chi connectivity index (χ4v) is 1.83. The van der Waals surface area contributed by atoms with Crippen LogP contribution in [0.2, 0.25) is 0 Å². The zero-order valence-electron chi connectivity index (χ0n) is 12.7. The Hall–Kier alpha value is -2.30. The number of carbonyl (C=O) groups excluding carboxylic acids is 1. The van der Waals surface area contributed by atoms with Crippen molar-refractivity contribution in [3.63, 3.8) is 0 Å². The van der Waals surface area contributed by atoms with Gasteiger partial charge in [-0.2, -0.15) is 5.10 Å². The number of rotatable bonds is 4. The highest BCUT2D eigenvalue weighted by atomic mass is 16.6. The summed E-state index contributed by atoms with van der Waals surface area (Å²) in [5, 5.41) is 7.20. The summed E-state index contributed by atoms with van der Waals surface area (Å²) in [6, 6.07) is 11.9. The predicted molar refractivity (Wildman–Crippen MR) is 81.5 cm³/mol. The van der Waals surface area contributed by atoms with Gasteiger partial charge in [0.1, 0.15) is 5.60 Å². The zero-order valence-corrected chi connectivity index (χ0v) is 12.7. The van der Waals surface area contributed by atoms with Crippen LogP contribution in [-0.2, 0) is 11.2 Å². The van der Waals surface area contributed by atoms with Crippen LogP contribution in [0.5, 0.6) is 0 Å². The number of hydrogen-bond donors (Lipinski definition) is 1. The molecule has 21 heavy (non-hydrogen) atoms. The van der Waals surface area contributed by atoms with Crippen molar-refractivity contribution in [2.24, 2.45) is 0 Å². The van der Waals surface area contributed by atoms with Crippen LogP contribution in [0.1, 0.15) is 26.5 Å². The number of nitrogens with zero attached hydrogens (tertiary/aromatic N) is 2. The lowest BCUT2D eigenvalue weighted by Gasteiger charge is -2.19. The molecule has 5 heteroatoms. The quantitative estimate of drug-likeness (QED) is 0.940. The molecule has 0 saturated carbocycles. The molecule has 0 fully saturated rings. The summed E-state index contributed by atoms with van der Waals surface area (Å²) in [4.78, 5) is 11.5.